The number of benzene rings is 2. The van der Waals surface area contributed by atoms with Crippen LogP contribution in [-0.2, 0) is 23.3 Å². The van der Waals surface area contributed by atoms with Crippen molar-refractivity contribution in [1.29, 1.82) is 0 Å². The quantitative estimate of drug-likeness (QED) is 0.384. The van der Waals surface area contributed by atoms with Crippen molar-refractivity contribution in [3.05, 3.63) is 87.8 Å². The lowest BCUT2D eigenvalue weighted by Gasteiger charge is -2.19. The molecular formula is C30H33N5O3. The minimum atomic E-state index is -0.320. The molecule has 0 saturated heterocycles. The van der Waals surface area contributed by atoms with Gasteiger partial charge in [0.25, 0.3) is 11.5 Å². The number of amides is 2. The van der Waals surface area contributed by atoms with Crippen LogP contribution in [0.25, 0.3) is 16.9 Å². The van der Waals surface area contributed by atoms with Crippen LogP contribution in [0.3, 0.4) is 0 Å². The van der Waals surface area contributed by atoms with Gasteiger partial charge in [-0.05, 0) is 29.5 Å². The van der Waals surface area contributed by atoms with Gasteiger partial charge in [-0.15, -0.1) is 0 Å². The summed E-state index contributed by atoms with van der Waals surface area (Å²) in [7, 11) is 0. The molecule has 2 amide bonds. The molecule has 38 heavy (non-hydrogen) atoms. The summed E-state index contributed by atoms with van der Waals surface area (Å²) in [6, 6.07) is 19.1. The Balaban J connectivity index is 1.54. The second-order valence-corrected chi connectivity index (χ2v) is 10.8. The molecule has 2 aromatic heterocycles. The van der Waals surface area contributed by atoms with E-state index < -0.39 is 0 Å². The van der Waals surface area contributed by atoms with Crippen LogP contribution in [0.2, 0.25) is 0 Å². The van der Waals surface area contributed by atoms with Crippen molar-refractivity contribution < 1.29 is 9.59 Å². The topological polar surface area (TPSA) is 88.7 Å². The summed E-state index contributed by atoms with van der Waals surface area (Å²) in [4.78, 5) is 41.9. The number of hydrogen-bond acceptors (Lipinski definition) is 4. The van der Waals surface area contributed by atoms with E-state index in [1.807, 2.05) is 54.6 Å². The zero-order valence-corrected chi connectivity index (χ0v) is 22.3. The van der Waals surface area contributed by atoms with Gasteiger partial charge in [0, 0.05) is 23.9 Å². The van der Waals surface area contributed by atoms with Gasteiger partial charge in [0.05, 0.1) is 17.8 Å². The summed E-state index contributed by atoms with van der Waals surface area (Å²) in [6.45, 7) is 9.13. The molecule has 1 aliphatic rings. The summed E-state index contributed by atoms with van der Waals surface area (Å²) in [5.74, 6) is -0.513. The normalized spacial score (nSPS) is 13.3. The fraction of sp³-hybridized carbons (Fsp3) is 0.333. The number of nitrogens with zero attached hydrogens (tertiary/aromatic N) is 4. The molecule has 4 aromatic rings. The van der Waals surface area contributed by atoms with E-state index in [9.17, 15) is 14.4 Å². The molecule has 0 fully saturated rings. The molecule has 5 rings (SSSR count). The molecular weight excluding hydrogens is 478 g/mol. The van der Waals surface area contributed by atoms with Crippen LogP contribution in [0.15, 0.2) is 65.5 Å². The highest BCUT2D eigenvalue weighted by atomic mass is 16.2. The molecule has 0 unspecified atom stereocenters. The molecule has 8 heteroatoms. The maximum Gasteiger partial charge on any atom is 0.280 e. The predicted molar refractivity (Wildman–Crippen MR) is 148 cm³/mol. The largest absolute Gasteiger partial charge is 0.333 e. The maximum atomic E-state index is 13.5. The zero-order valence-electron chi connectivity index (χ0n) is 22.3. The summed E-state index contributed by atoms with van der Waals surface area (Å²) in [6.07, 6.45) is 1.78. The van der Waals surface area contributed by atoms with Crippen LogP contribution in [-0.4, -0.2) is 37.4 Å². The van der Waals surface area contributed by atoms with Crippen molar-refractivity contribution >= 4 is 23.1 Å². The van der Waals surface area contributed by atoms with Crippen LogP contribution in [0.5, 0.6) is 0 Å². The van der Waals surface area contributed by atoms with Crippen molar-refractivity contribution in [2.45, 2.75) is 59.0 Å². The number of carbonyl (C=O) groups is 2. The van der Waals surface area contributed by atoms with E-state index >= 15 is 0 Å². The lowest BCUT2D eigenvalue weighted by Crippen LogP contribution is -2.30. The molecule has 196 valence electrons. The predicted octanol–water partition coefficient (Wildman–Crippen LogP) is 4.86. The molecule has 1 N–H and O–H groups in total. The minimum absolute atomic E-state index is 0.00705. The molecule has 0 saturated carbocycles. The van der Waals surface area contributed by atoms with E-state index in [4.69, 9.17) is 0 Å². The van der Waals surface area contributed by atoms with Crippen molar-refractivity contribution in [1.82, 2.24) is 19.1 Å². The Hall–Kier alpha value is -4.20. The van der Waals surface area contributed by atoms with Gasteiger partial charge in [-0.25, -0.2) is 0 Å². The number of anilines is 1. The number of nitrogens with one attached hydrogen (secondary N) is 1. The highest BCUT2D eigenvalue weighted by Gasteiger charge is 2.35. The lowest BCUT2D eigenvalue weighted by atomic mass is 9.87. The van der Waals surface area contributed by atoms with E-state index in [0.29, 0.717) is 29.1 Å². The number of aromatic nitrogens is 3. The third kappa shape index (κ3) is 4.74. The smallest absolute Gasteiger partial charge is 0.280 e. The number of unbranched alkanes of at least 4 members (excludes halogenated alkanes) is 1. The first-order valence-electron chi connectivity index (χ1n) is 13.1. The van der Waals surface area contributed by atoms with Gasteiger partial charge in [0.15, 0.2) is 0 Å². The van der Waals surface area contributed by atoms with Crippen molar-refractivity contribution in [2.75, 3.05) is 11.9 Å². The van der Waals surface area contributed by atoms with Gasteiger partial charge in [0.1, 0.15) is 17.9 Å². The van der Waals surface area contributed by atoms with E-state index in [1.165, 1.54) is 10.1 Å². The minimum Gasteiger partial charge on any atom is -0.333 e. The van der Waals surface area contributed by atoms with E-state index in [-0.39, 0.29) is 41.6 Å². The van der Waals surface area contributed by atoms with Crippen LogP contribution in [0, 0.1) is 0 Å². The Labute approximate surface area is 221 Å². The molecule has 0 atom stereocenters. The first kappa shape index (κ1) is 25.4. The monoisotopic (exact) mass is 511 g/mol. The van der Waals surface area contributed by atoms with E-state index in [2.05, 4.69) is 38.1 Å². The lowest BCUT2D eigenvalue weighted by molar-refractivity contribution is -0.116. The average Bonchev–Trinajstić information content (AvgIpc) is 3.48. The Morgan fingerprint density at radius 1 is 1.03 bits per heavy atom. The molecule has 0 bridgehead atoms. The number of carbonyl (C=O) groups excluding carboxylic acids is 2. The summed E-state index contributed by atoms with van der Waals surface area (Å²) in [5.41, 5.74) is 4.05. The molecule has 8 nitrogen and oxygen atoms in total. The van der Waals surface area contributed by atoms with Crippen molar-refractivity contribution in [3.63, 3.8) is 0 Å². The van der Waals surface area contributed by atoms with Crippen LogP contribution in [0.4, 0.5) is 5.69 Å². The van der Waals surface area contributed by atoms with Crippen molar-refractivity contribution in [2.24, 2.45) is 0 Å². The van der Waals surface area contributed by atoms with Gasteiger partial charge in [0.2, 0.25) is 5.91 Å². The highest BCUT2D eigenvalue weighted by molar-refractivity contribution is 5.98. The Kier molecular flexibility index (Phi) is 6.65. The molecule has 0 radical (unpaired) electrons. The Morgan fingerprint density at radius 2 is 1.74 bits per heavy atom. The van der Waals surface area contributed by atoms with Gasteiger partial charge in [-0.3, -0.25) is 14.4 Å². The number of hydrogen-bond donors (Lipinski definition) is 1. The molecule has 3 heterocycles. The van der Waals surface area contributed by atoms with Gasteiger partial charge in [-0.2, -0.15) is 9.61 Å². The highest BCUT2D eigenvalue weighted by Crippen LogP contribution is 2.26. The molecule has 0 aliphatic carbocycles. The van der Waals surface area contributed by atoms with Crippen LogP contribution in [0.1, 0.15) is 62.2 Å². The summed E-state index contributed by atoms with van der Waals surface area (Å²) >= 11 is 0. The van der Waals surface area contributed by atoms with E-state index in [0.717, 1.165) is 18.4 Å². The second kappa shape index (κ2) is 9.93. The zero-order chi connectivity index (χ0) is 27.0. The van der Waals surface area contributed by atoms with Gasteiger partial charge in [-0.1, -0.05) is 76.6 Å². The molecule has 2 aromatic carbocycles. The standard InChI is InChI=1S/C30H33N5O3/c1-5-6-16-33-18-23-27(29(33)38)34(19-25(36)31-22-14-12-21(13-15-22)30(2,3)4)26-17-24(32-35(26)28(23)37)20-10-8-7-9-11-20/h7-15,17H,5-6,16,18-19H2,1-4H3,(H,31,36). The first-order valence-corrected chi connectivity index (χ1v) is 13.1. The van der Waals surface area contributed by atoms with Crippen LogP contribution >= 0.6 is 0 Å². The fourth-order valence-electron chi connectivity index (χ4n) is 4.86. The first-order chi connectivity index (χ1) is 18.2. The SMILES string of the molecule is CCCCN1Cc2c(n(CC(=O)Nc3ccc(C(C)(C)C)cc3)c3cc(-c4ccccc4)nn3c2=O)C1=O. The summed E-state index contributed by atoms with van der Waals surface area (Å²) in [5, 5.41) is 7.52. The number of rotatable bonds is 7. The van der Waals surface area contributed by atoms with Gasteiger partial charge >= 0.3 is 0 Å². The van der Waals surface area contributed by atoms with Gasteiger partial charge < -0.3 is 14.8 Å². The van der Waals surface area contributed by atoms with E-state index in [1.54, 1.807) is 15.5 Å². The van der Waals surface area contributed by atoms with Crippen molar-refractivity contribution in [3.8, 4) is 11.3 Å². The summed E-state index contributed by atoms with van der Waals surface area (Å²) < 4.78 is 2.96. The van der Waals surface area contributed by atoms with Crippen LogP contribution < -0.4 is 10.9 Å². The Bertz CT molecular complexity index is 1560. The fourth-order valence-corrected chi connectivity index (χ4v) is 4.86. The number of fused-ring (bicyclic) bond motifs is 2. The average molecular weight is 512 g/mol. The second-order valence-electron chi connectivity index (χ2n) is 10.8. The third-order valence-electron chi connectivity index (χ3n) is 7.00. The third-order valence-corrected chi connectivity index (χ3v) is 7.00. The molecule has 0 spiro atoms. The molecule has 1 aliphatic heterocycles. The maximum absolute atomic E-state index is 13.5. The Morgan fingerprint density at radius 3 is 2.39 bits per heavy atom.